The van der Waals surface area contributed by atoms with Crippen LogP contribution in [0.1, 0.15) is 58.6 Å². The first-order valence-corrected chi connectivity index (χ1v) is 11.5. The summed E-state index contributed by atoms with van der Waals surface area (Å²) in [7, 11) is -2.99. The van der Waals surface area contributed by atoms with Gasteiger partial charge in [0.1, 0.15) is 0 Å². The Balaban J connectivity index is 1.50. The van der Waals surface area contributed by atoms with Crippen LogP contribution in [0.25, 0.3) is 0 Å². The number of sulfone groups is 1. The molecule has 3 rings (SSSR count). The van der Waals surface area contributed by atoms with Gasteiger partial charge in [-0.2, -0.15) is 0 Å². The van der Waals surface area contributed by atoms with Gasteiger partial charge in [-0.05, 0) is 49.7 Å². The first-order valence-electron chi connectivity index (χ1n) is 8.84. The van der Waals surface area contributed by atoms with Crippen molar-refractivity contribution in [1.82, 2.24) is 10.9 Å². The number of rotatable bonds is 3. The minimum Gasteiger partial charge on any atom is -0.273 e. The monoisotopic (exact) mass is 384 g/mol. The molecule has 0 bridgehead atoms. The molecular formula is C17H24N2O4S2. The third-order valence-electron chi connectivity index (χ3n) is 4.84. The Bertz CT molecular complexity index is 729. The highest BCUT2D eigenvalue weighted by Crippen LogP contribution is 2.28. The fourth-order valence-corrected chi connectivity index (χ4v) is 6.50. The number of hydrazine groups is 1. The molecule has 2 aliphatic rings. The van der Waals surface area contributed by atoms with E-state index in [4.69, 9.17) is 0 Å². The summed E-state index contributed by atoms with van der Waals surface area (Å²) in [6.45, 7) is 0. The lowest BCUT2D eigenvalue weighted by Crippen LogP contribution is -2.42. The Morgan fingerprint density at radius 2 is 1.88 bits per heavy atom. The predicted molar refractivity (Wildman–Crippen MR) is 97.2 cm³/mol. The lowest BCUT2D eigenvalue weighted by Gasteiger charge is -2.09. The highest BCUT2D eigenvalue weighted by Gasteiger charge is 2.29. The molecule has 138 valence electrons. The zero-order chi connectivity index (χ0) is 17.9. The number of thiophene rings is 1. The van der Waals surface area contributed by atoms with Crippen LogP contribution in [0.5, 0.6) is 0 Å². The minimum absolute atomic E-state index is 0.0615. The molecule has 25 heavy (non-hydrogen) atoms. The van der Waals surface area contributed by atoms with Crippen molar-refractivity contribution in [2.75, 3.05) is 11.5 Å². The van der Waals surface area contributed by atoms with E-state index >= 15 is 0 Å². The molecule has 0 radical (unpaired) electrons. The number of carbonyl (C=O) groups excluding carboxylic acids is 2. The summed E-state index contributed by atoms with van der Waals surface area (Å²) in [5.41, 5.74) is 6.13. The first kappa shape index (κ1) is 18.4. The molecule has 1 saturated heterocycles. The van der Waals surface area contributed by atoms with Gasteiger partial charge in [0, 0.05) is 11.3 Å². The normalized spacial score (nSPS) is 22.5. The van der Waals surface area contributed by atoms with Crippen LogP contribution in [0, 0.1) is 5.92 Å². The zero-order valence-electron chi connectivity index (χ0n) is 14.2. The van der Waals surface area contributed by atoms with Crippen molar-refractivity contribution < 1.29 is 18.0 Å². The maximum Gasteiger partial charge on any atom is 0.279 e. The number of hydrogen-bond donors (Lipinski definition) is 2. The van der Waals surface area contributed by atoms with Crippen LogP contribution in [-0.2, 0) is 27.5 Å². The number of amides is 2. The van der Waals surface area contributed by atoms with Crippen LogP contribution in [-0.4, -0.2) is 31.7 Å². The molecule has 6 nitrogen and oxygen atoms in total. The average molecular weight is 385 g/mol. The summed E-state index contributed by atoms with van der Waals surface area (Å²) in [6, 6.07) is 1.94. The van der Waals surface area contributed by atoms with E-state index in [0.717, 1.165) is 25.7 Å². The van der Waals surface area contributed by atoms with Crippen LogP contribution in [0.3, 0.4) is 0 Å². The second kappa shape index (κ2) is 7.86. The van der Waals surface area contributed by atoms with Gasteiger partial charge >= 0.3 is 0 Å². The summed E-state index contributed by atoms with van der Waals surface area (Å²) in [5, 5.41) is 0. The fraction of sp³-hybridized carbons (Fsp3) is 0.647. The molecule has 0 spiro atoms. The molecule has 0 saturated carbocycles. The van der Waals surface area contributed by atoms with Gasteiger partial charge in [-0.1, -0.05) is 12.8 Å². The smallest absolute Gasteiger partial charge is 0.273 e. The summed E-state index contributed by atoms with van der Waals surface area (Å²) in [6.07, 6.45) is 7.48. The molecule has 1 fully saturated rings. The summed E-state index contributed by atoms with van der Waals surface area (Å²) in [5.74, 6) is -0.581. The van der Waals surface area contributed by atoms with Gasteiger partial charge in [0.2, 0.25) is 5.91 Å². The van der Waals surface area contributed by atoms with E-state index in [9.17, 15) is 18.0 Å². The third kappa shape index (κ3) is 5.04. The Labute approximate surface area is 152 Å². The second-order valence-corrected chi connectivity index (χ2v) is 10.3. The van der Waals surface area contributed by atoms with Crippen LogP contribution in [0.15, 0.2) is 6.07 Å². The number of hydrogen-bond acceptors (Lipinski definition) is 5. The second-order valence-electron chi connectivity index (χ2n) is 6.95. The zero-order valence-corrected chi connectivity index (χ0v) is 15.8. The van der Waals surface area contributed by atoms with Gasteiger partial charge in [-0.25, -0.2) is 8.42 Å². The van der Waals surface area contributed by atoms with Crippen LogP contribution in [0.2, 0.25) is 0 Å². The minimum atomic E-state index is -2.99. The highest BCUT2D eigenvalue weighted by atomic mass is 32.2. The Morgan fingerprint density at radius 3 is 2.60 bits per heavy atom. The molecule has 2 amide bonds. The van der Waals surface area contributed by atoms with Gasteiger partial charge in [-0.3, -0.25) is 20.4 Å². The maximum absolute atomic E-state index is 12.3. The third-order valence-corrected chi connectivity index (χ3v) is 7.91. The molecular weight excluding hydrogens is 360 g/mol. The van der Waals surface area contributed by atoms with E-state index in [1.165, 1.54) is 34.6 Å². The van der Waals surface area contributed by atoms with Crippen molar-refractivity contribution in [3.63, 3.8) is 0 Å². The van der Waals surface area contributed by atoms with Crippen LogP contribution in [0.4, 0.5) is 0 Å². The van der Waals surface area contributed by atoms with Crippen molar-refractivity contribution in [3.05, 3.63) is 21.4 Å². The van der Waals surface area contributed by atoms with E-state index in [0.29, 0.717) is 11.3 Å². The average Bonchev–Trinajstić information content (AvgIpc) is 3.08. The van der Waals surface area contributed by atoms with E-state index < -0.39 is 9.84 Å². The van der Waals surface area contributed by atoms with Crippen molar-refractivity contribution in [3.8, 4) is 0 Å². The van der Waals surface area contributed by atoms with E-state index in [1.54, 1.807) is 0 Å². The van der Waals surface area contributed by atoms with E-state index in [2.05, 4.69) is 10.9 Å². The van der Waals surface area contributed by atoms with Crippen LogP contribution < -0.4 is 10.9 Å². The topological polar surface area (TPSA) is 92.3 Å². The van der Waals surface area contributed by atoms with Gasteiger partial charge in [0.15, 0.2) is 9.84 Å². The quantitative estimate of drug-likeness (QED) is 0.780. The van der Waals surface area contributed by atoms with Gasteiger partial charge < -0.3 is 0 Å². The molecule has 0 aromatic carbocycles. The maximum atomic E-state index is 12.3. The van der Waals surface area contributed by atoms with Crippen LogP contribution >= 0.6 is 11.3 Å². The molecule has 1 aromatic rings. The van der Waals surface area contributed by atoms with Crippen molar-refractivity contribution in [1.29, 1.82) is 0 Å². The predicted octanol–water partition coefficient (Wildman–Crippen LogP) is 1.99. The number of aryl methyl sites for hydroxylation is 2. The van der Waals surface area contributed by atoms with Gasteiger partial charge in [-0.15, -0.1) is 11.3 Å². The molecule has 1 aromatic heterocycles. The van der Waals surface area contributed by atoms with Crippen molar-refractivity contribution in [2.45, 2.75) is 51.4 Å². The molecule has 1 aliphatic heterocycles. The molecule has 1 unspecified atom stereocenters. The molecule has 2 heterocycles. The molecule has 2 N–H and O–H groups in total. The number of fused-ring (bicyclic) bond motifs is 1. The van der Waals surface area contributed by atoms with Crippen molar-refractivity contribution in [2.24, 2.45) is 5.92 Å². The number of carbonyl (C=O) groups is 2. The standard InChI is InChI=1S/C17H24N2O4S2/c20-16(9-12-7-8-25(22,23)11-12)18-19-17(21)15-10-13-5-3-1-2-4-6-14(13)24-15/h10,12H,1-9,11H2,(H,18,20)(H,19,21). The fourth-order valence-electron chi connectivity index (χ4n) is 3.49. The molecule has 8 heteroatoms. The Kier molecular flexibility index (Phi) is 5.78. The van der Waals surface area contributed by atoms with E-state index in [1.807, 2.05) is 6.07 Å². The summed E-state index contributed by atoms with van der Waals surface area (Å²) in [4.78, 5) is 26.1. The molecule has 1 aliphatic carbocycles. The summed E-state index contributed by atoms with van der Waals surface area (Å²) >= 11 is 1.51. The van der Waals surface area contributed by atoms with Gasteiger partial charge in [0.05, 0.1) is 16.4 Å². The number of nitrogens with one attached hydrogen (secondary N) is 2. The van der Waals surface area contributed by atoms with Gasteiger partial charge in [0.25, 0.3) is 5.91 Å². The lowest BCUT2D eigenvalue weighted by atomic mass is 10.00. The van der Waals surface area contributed by atoms with E-state index in [-0.39, 0.29) is 35.7 Å². The Hall–Kier alpha value is -1.41. The summed E-state index contributed by atoms with van der Waals surface area (Å²) < 4.78 is 22.8. The van der Waals surface area contributed by atoms with Crippen molar-refractivity contribution >= 4 is 33.0 Å². The first-order chi connectivity index (χ1) is 11.9. The lowest BCUT2D eigenvalue weighted by molar-refractivity contribution is -0.122. The molecule has 1 atom stereocenters. The Morgan fingerprint density at radius 1 is 1.12 bits per heavy atom. The largest absolute Gasteiger partial charge is 0.279 e. The SMILES string of the molecule is O=C(CC1CCS(=O)(=O)C1)NNC(=O)c1cc2c(s1)CCCCCC2. The highest BCUT2D eigenvalue weighted by molar-refractivity contribution is 7.91.